The van der Waals surface area contributed by atoms with Crippen molar-refractivity contribution in [2.24, 2.45) is 18.9 Å². The molecule has 1 amide bonds. The van der Waals surface area contributed by atoms with Crippen molar-refractivity contribution in [3.05, 3.63) is 30.6 Å². The van der Waals surface area contributed by atoms with Gasteiger partial charge < -0.3 is 14.4 Å². The molecular formula is C23H31N5O5S. The van der Waals surface area contributed by atoms with E-state index in [4.69, 9.17) is 9.47 Å². The molecule has 10 nitrogen and oxygen atoms in total. The van der Waals surface area contributed by atoms with E-state index in [1.165, 1.54) is 27.8 Å². The van der Waals surface area contributed by atoms with Gasteiger partial charge in [-0.15, -0.1) is 0 Å². The van der Waals surface area contributed by atoms with Gasteiger partial charge in [-0.25, -0.2) is 13.2 Å². The largest absolute Gasteiger partial charge is 0.485 e. The number of benzene rings is 1. The monoisotopic (exact) mass is 489 g/mol. The van der Waals surface area contributed by atoms with Gasteiger partial charge in [0, 0.05) is 25.5 Å². The number of aromatic nitrogens is 2. The second kappa shape index (κ2) is 8.77. The number of rotatable bonds is 6. The zero-order valence-corrected chi connectivity index (χ0v) is 20.5. The van der Waals surface area contributed by atoms with Crippen LogP contribution < -0.4 is 14.4 Å². The summed E-state index contributed by atoms with van der Waals surface area (Å²) >= 11 is 0. The van der Waals surface area contributed by atoms with Gasteiger partial charge in [0.05, 0.1) is 18.4 Å². The summed E-state index contributed by atoms with van der Waals surface area (Å²) in [7, 11) is 1.61. The molecule has 1 aromatic heterocycles. The van der Waals surface area contributed by atoms with Crippen LogP contribution in [0.3, 0.4) is 0 Å². The summed E-state index contributed by atoms with van der Waals surface area (Å²) < 4.78 is 41.6. The van der Waals surface area contributed by atoms with Gasteiger partial charge in [0.2, 0.25) is 0 Å². The minimum atomic E-state index is -3.89. The Morgan fingerprint density at radius 1 is 1.29 bits per heavy atom. The van der Waals surface area contributed by atoms with Gasteiger partial charge in [0.15, 0.2) is 0 Å². The normalized spacial score (nSPS) is 25.8. The SMILES string of the molecule is CN(C)CC1CN(S(=O)(=O)c2cnn(C)c2)c2cc(NC(=O)OC3CC4CCC3C4)ccc2O1. The number of fused-ring (bicyclic) bond motifs is 3. The first-order valence-electron chi connectivity index (χ1n) is 11.6. The number of carbonyl (C=O) groups excluding carboxylic acids is 1. The van der Waals surface area contributed by atoms with Crippen molar-refractivity contribution in [2.45, 2.75) is 42.8 Å². The third kappa shape index (κ3) is 4.46. The van der Waals surface area contributed by atoms with E-state index in [1.54, 1.807) is 25.2 Å². The van der Waals surface area contributed by atoms with E-state index in [2.05, 4.69) is 10.4 Å². The van der Waals surface area contributed by atoms with Crippen LogP contribution in [0.2, 0.25) is 0 Å². The molecule has 34 heavy (non-hydrogen) atoms. The number of hydrogen-bond acceptors (Lipinski definition) is 7. The molecule has 2 aliphatic carbocycles. The van der Waals surface area contributed by atoms with Gasteiger partial charge in [-0.05, 0) is 69.8 Å². The van der Waals surface area contributed by atoms with E-state index in [-0.39, 0.29) is 23.6 Å². The number of sulfonamides is 1. The Kier molecular flexibility index (Phi) is 5.93. The number of nitrogens with zero attached hydrogens (tertiary/aromatic N) is 4. The van der Waals surface area contributed by atoms with Crippen LogP contribution in [0.25, 0.3) is 0 Å². The fraction of sp³-hybridized carbons (Fsp3) is 0.565. The highest BCUT2D eigenvalue weighted by atomic mass is 32.2. The standard InChI is InChI=1S/C23H31N5O5S/c1-26(2)12-18-13-28(34(30,31)19-11-24-27(3)14-19)20-10-17(6-7-21(20)32-18)25-23(29)33-22-9-15-4-5-16(22)8-15/h6-7,10-11,14-16,18,22H,4-5,8-9,12-13H2,1-3H3,(H,25,29). The van der Waals surface area contributed by atoms with E-state index in [1.807, 2.05) is 19.0 Å². The molecule has 1 aromatic carbocycles. The number of hydrogen-bond donors (Lipinski definition) is 1. The molecule has 2 saturated carbocycles. The van der Waals surface area contributed by atoms with E-state index in [9.17, 15) is 13.2 Å². The average Bonchev–Trinajstić information content (AvgIpc) is 3.50. The van der Waals surface area contributed by atoms with Crippen LogP contribution >= 0.6 is 0 Å². The Morgan fingerprint density at radius 3 is 2.76 bits per heavy atom. The maximum Gasteiger partial charge on any atom is 0.411 e. The summed E-state index contributed by atoms with van der Waals surface area (Å²) in [5.41, 5.74) is 0.824. The van der Waals surface area contributed by atoms with Crippen LogP contribution in [0.4, 0.5) is 16.2 Å². The quantitative estimate of drug-likeness (QED) is 0.665. The van der Waals surface area contributed by atoms with Gasteiger partial charge in [-0.2, -0.15) is 5.10 Å². The summed E-state index contributed by atoms with van der Waals surface area (Å²) in [5.74, 6) is 1.57. The Hall–Kier alpha value is -2.79. The van der Waals surface area contributed by atoms with Crippen molar-refractivity contribution < 1.29 is 22.7 Å². The average molecular weight is 490 g/mol. The van der Waals surface area contributed by atoms with Crippen molar-refractivity contribution in [3.8, 4) is 5.75 Å². The predicted molar refractivity (Wildman–Crippen MR) is 126 cm³/mol. The van der Waals surface area contributed by atoms with Gasteiger partial charge >= 0.3 is 6.09 Å². The first kappa shape index (κ1) is 23.0. The molecule has 5 rings (SSSR count). The third-order valence-corrected chi connectivity index (χ3v) is 8.64. The highest BCUT2D eigenvalue weighted by Crippen LogP contribution is 2.46. The molecule has 184 valence electrons. The summed E-state index contributed by atoms with van der Waals surface area (Å²) in [4.78, 5) is 14.6. The lowest BCUT2D eigenvalue weighted by molar-refractivity contribution is 0.0755. The first-order chi connectivity index (χ1) is 16.2. The second-order valence-corrected chi connectivity index (χ2v) is 11.7. The van der Waals surface area contributed by atoms with Crippen molar-refractivity contribution >= 4 is 27.5 Å². The molecule has 2 bridgehead atoms. The predicted octanol–water partition coefficient (Wildman–Crippen LogP) is 2.68. The Balaban J connectivity index is 1.39. The highest BCUT2D eigenvalue weighted by Gasteiger charge is 2.42. The molecule has 1 N–H and O–H groups in total. The number of amides is 1. The number of ether oxygens (including phenoxy) is 2. The molecule has 2 aromatic rings. The number of carbonyl (C=O) groups is 1. The zero-order valence-electron chi connectivity index (χ0n) is 19.7. The summed E-state index contributed by atoms with van der Waals surface area (Å²) in [6.07, 6.45) is 6.33. The highest BCUT2D eigenvalue weighted by molar-refractivity contribution is 7.92. The fourth-order valence-corrected chi connectivity index (χ4v) is 6.88. The van der Waals surface area contributed by atoms with Crippen LogP contribution in [-0.2, 0) is 21.8 Å². The van der Waals surface area contributed by atoms with Crippen LogP contribution in [0.5, 0.6) is 5.75 Å². The molecular weight excluding hydrogens is 458 g/mol. The van der Waals surface area contributed by atoms with Gasteiger partial charge in [0.25, 0.3) is 10.0 Å². The molecule has 4 unspecified atom stereocenters. The lowest BCUT2D eigenvalue weighted by atomic mass is 9.98. The van der Waals surface area contributed by atoms with Crippen LogP contribution in [0.1, 0.15) is 25.7 Å². The molecule has 1 aliphatic heterocycles. The Labute approximate surface area is 199 Å². The summed E-state index contributed by atoms with van der Waals surface area (Å²) in [6, 6.07) is 5.01. The number of anilines is 2. The van der Waals surface area contributed by atoms with Crippen molar-refractivity contribution in [3.63, 3.8) is 0 Å². The maximum absolute atomic E-state index is 13.5. The number of nitrogens with one attached hydrogen (secondary N) is 1. The fourth-order valence-electron chi connectivity index (χ4n) is 5.39. The summed E-state index contributed by atoms with van der Waals surface area (Å²) in [6.45, 7) is 0.690. The number of likely N-dealkylation sites (N-methyl/N-ethyl adjacent to an activating group) is 1. The molecule has 0 radical (unpaired) electrons. The molecule has 4 atom stereocenters. The lowest BCUT2D eigenvalue weighted by Gasteiger charge is -2.36. The van der Waals surface area contributed by atoms with E-state index in [0.29, 0.717) is 35.5 Å². The molecule has 3 aliphatic rings. The van der Waals surface area contributed by atoms with Gasteiger partial charge in [-0.3, -0.25) is 14.3 Å². The molecule has 2 fully saturated rings. The summed E-state index contributed by atoms with van der Waals surface area (Å²) in [5, 5.41) is 6.80. The second-order valence-electron chi connectivity index (χ2n) is 9.81. The minimum Gasteiger partial charge on any atom is -0.485 e. The van der Waals surface area contributed by atoms with E-state index in [0.717, 1.165) is 19.3 Å². The van der Waals surface area contributed by atoms with E-state index >= 15 is 0 Å². The third-order valence-electron chi connectivity index (χ3n) is 6.91. The lowest BCUT2D eigenvalue weighted by Crippen LogP contribution is -2.47. The van der Waals surface area contributed by atoms with Crippen LogP contribution in [-0.4, -0.2) is 68.6 Å². The molecule has 11 heteroatoms. The van der Waals surface area contributed by atoms with Crippen molar-refractivity contribution in [2.75, 3.05) is 36.8 Å². The van der Waals surface area contributed by atoms with Gasteiger partial charge in [-0.1, -0.05) is 0 Å². The van der Waals surface area contributed by atoms with Crippen LogP contribution in [0, 0.1) is 11.8 Å². The first-order valence-corrected chi connectivity index (χ1v) is 13.1. The molecule has 0 saturated heterocycles. The van der Waals surface area contributed by atoms with Crippen molar-refractivity contribution in [1.29, 1.82) is 0 Å². The van der Waals surface area contributed by atoms with Crippen LogP contribution in [0.15, 0.2) is 35.5 Å². The smallest absolute Gasteiger partial charge is 0.411 e. The zero-order chi connectivity index (χ0) is 24.0. The van der Waals surface area contributed by atoms with Gasteiger partial charge in [0.1, 0.15) is 22.9 Å². The van der Waals surface area contributed by atoms with E-state index < -0.39 is 16.1 Å². The number of aryl methyl sites for hydroxylation is 1. The Bertz CT molecular complexity index is 1180. The molecule has 0 spiro atoms. The topological polar surface area (TPSA) is 106 Å². The minimum absolute atomic E-state index is 0.0334. The molecule has 2 heterocycles. The Morgan fingerprint density at radius 2 is 2.12 bits per heavy atom. The maximum atomic E-state index is 13.5. The van der Waals surface area contributed by atoms with Crippen molar-refractivity contribution in [1.82, 2.24) is 14.7 Å².